The molecule has 3 nitrogen and oxygen atoms in total. The van der Waals surface area contributed by atoms with Gasteiger partial charge in [0.2, 0.25) is 0 Å². The first kappa shape index (κ1) is 13.7. The second-order valence-corrected chi connectivity index (χ2v) is 6.34. The van der Waals surface area contributed by atoms with Crippen LogP contribution in [0, 0.1) is 11.8 Å². The molecule has 20 heavy (non-hydrogen) atoms. The molecular formula is C17H24O3. The monoisotopic (exact) mass is 276 g/mol. The maximum absolute atomic E-state index is 10.4. The number of hydrogen-bond donors (Lipinski definition) is 1. The van der Waals surface area contributed by atoms with Crippen molar-refractivity contribution < 1.29 is 14.6 Å². The van der Waals surface area contributed by atoms with Gasteiger partial charge >= 0.3 is 0 Å². The zero-order valence-electron chi connectivity index (χ0n) is 12.3. The van der Waals surface area contributed by atoms with Crippen molar-refractivity contribution in [3.05, 3.63) is 23.8 Å². The molecule has 1 aliphatic carbocycles. The van der Waals surface area contributed by atoms with E-state index in [1.54, 1.807) is 7.11 Å². The highest BCUT2D eigenvalue weighted by atomic mass is 16.5. The van der Waals surface area contributed by atoms with Crippen LogP contribution in [0.3, 0.4) is 0 Å². The van der Waals surface area contributed by atoms with Crippen LogP contribution in [0.1, 0.15) is 50.7 Å². The van der Waals surface area contributed by atoms with E-state index in [0.717, 1.165) is 23.0 Å². The molecule has 0 aromatic heterocycles. The quantitative estimate of drug-likeness (QED) is 0.895. The van der Waals surface area contributed by atoms with Crippen molar-refractivity contribution in [2.45, 2.75) is 51.2 Å². The fourth-order valence-electron chi connectivity index (χ4n) is 3.69. The highest BCUT2D eigenvalue weighted by Crippen LogP contribution is 2.42. The van der Waals surface area contributed by atoms with Crippen molar-refractivity contribution >= 4 is 0 Å². The van der Waals surface area contributed by atoms with Crippen molar-refractivity contribution in [2.24, 2.45) is 11.8 Å². The Morgan fingerprint density at radius 1 is 1.25 bits per heavy atom. The Bertz CT molecular complexity index is 471. The molecule has 1 aliphatic heterocycles. The van der Waals surface area contributed by atoms with Gasteiger partial charge < -0.3 is 14.6 Å². The molecule has 0 radical (unpaired) electrons. The Kier molecular flexibility index (Phi) is 3.88. The molecule has 3 rings (SSSR count). The molecule has 1 saturated carbocycles. The SMILES string of the molecule is COc1ccc2c(c1)C(O)CC(C1CCCC(C)C1)O2. The van der Waals surface area contributed by atoms with Crippen molar-refractivity contribution in [3.63, 3.8) is 0 Å². The molecule has 3 heteroatoms. The molecule has 0 bridgehead atoms. The van der Waals surface area contributed by atoms with Gasteiger partial charge in [-0.25, -0.2) is 0 Å². The fourth-order valence-corrected chi connectivity index (χ4v) is 3.69. The third kappa shape index (κ3) is 2.64. The van der Waals surface area contributed by atoms with Gasteiger partial charge in [-0.3, -0.25) is 0 Å². The van der Waals surface area contributed by atoms with Crippen LogP contribution in [0.5, 0.6) is 11.5 Å². The van der Waals surface area contributed by atoms with E-state index in [1.165, 1.54) is 25.7 Å². The molecule has 1 aromatic carbocycles. The highest BCUT2D eigenvalue weighted by Gasteiger charge is 2.34. The standard InChI is InChI=1S/C17H24O3/c1-11-4-3-5-12(8-11)17-10-15(18)14-9-13(19-2)6-7-16(14)20-17/h6-7,9,11-12,15,17-18H,3-5,8,10H2,1-2H3. The van der Waals surface area contributed by atoms with Gasteiger partial charge in [0, 0.05) is 12.0 Å². The maximum Gasteiger partial charge on any atom is 0.125 e. The van der Waals surface area contributed by atoms with E-state index in [9.17, 15) is 5.11 Å². The smallest absolute Gasteiger partial charge is 0.125 e. The summed E-state index contributed by atoms with van der Waals surface area (Å²) in [6, 6.07) is 5.72. The summed E-state index contributed by atoms with van der Waals surface area (Å²) in [5.41, 5.74) is 0.865. The van der Waals surface area contributed by atoms with Crippen LogP contribution < -0.4 is 9.47 Å². The third-order valence-corrected chi connectivity index (χ3v) is 4.81. The minimum atomic E-state index is -0.434. The van der Waals surface area contributed by atoms with Gasteiger partial charge in [-0.15, -0.1) is 0 Å². The van der Waals surface area contributed by atoms with Crippen LogP contribution in [0.4, 0.5) is 0 Å². The van der Waals surface area contributed by atoms with E-state index in [-0.39, 0.29) is 6.10 Å². The van der Waals surface area contributed by atoms with Gasteiger partial charge in [-0.2, -0.15) is 0 Å². The largest absolute Gasteiger partial charge is 0.497 e. The molecule has 110 valence electrons. The lowest BCUT2D eigenvalue weighted by molar-refractivity contribution is 0.0170. The summed E-state index contributed by atoms with van der Waals surface area (Å²) >= 11 is 0. The van der Waals surface area contributed by atoms with E-state index in [2.05, 4.69) is 6.92 Å². The molecule has 0 amide bonds. The van der Waals surface area contributed by atoms with Crippen LogP contribution in [0.25, 0.3) is 0 Å². The van der Waals surface area contributed by atoms with Crippen LogP contribution in [0.15, 0.2) is 18.2 Å². The topological polar surface area (TPSA) is 38.7 Å². The van der Waals surface area contributed by atoms with Crippen LogP contribution in [-0.2, 0) is 0 Å². The second kappa shape index (κ2) is 5.65. The molecular weight excluding hydrogens is 252 g/mol. The molecule has 4 atom stereocenters. The summed E-state index contributed by atoms with van der Waals surface area (Å²) in [6.45, 7) is 2.32. The number of fused-ring (bicyclic) bond motifs is 1. The first-order chi connectivity index (χ1) is 9.67. The number of ether oxygens (including phenoxy) is 2. The average Bonchev–Trinajstić information content (AvgIpc) is 2.47. The van der Waals surface area contributed by atoms with Crippen molar-refractivity contribution in [1.29, 1.82) is 0 Å². The Balaban J connectivity index is 1.78. The normalized spacial score (nSPS) is 33.1. The highest BCUT2D eigenvalue weighted by molar-refractivity contribution is 5.43. The van der Waals surface area contributed by atoms with E-state index in [4.69, 9.17) is 9.47 Å². The molecule has 1 heterocycles. The fraction of sp³-hybridized carbons (Fsp3) is 0.647. The van der Waals surface area contributed by atoms with Gasteiger partial charge in [0.15, 0.2) is 0 Å². The van der Waals surface area contributed by atoms with Crippen molar-refractivity contribution in [1.82, 2.24) is 0 Å². The summed E-state index contributed by atoms with van der Waals surface area (Å²) < 4.78 is 11.4. The van der Waals surface area contributed by atoms with Gasteiger partial charge in [0.05, 0.1) is 13.2 Å². The van der Waals surface area contributed by atoms with E-state index in [1.807, 2.05) is 18.2 Å². The minimum absolute atomic E-state index is 0.161. The van der Waals surface area contributed by atoms with Crippen LogP contribution in [0.2, 0.25) is 0 Å². The number of rotatable bonds is 2. The summed E-state index contributed by atoms with van der Waals surface area (Å²) in [6.07, 6.45) is 5.51. The summed E-state index contributed by atoms with van der Waals surface area (Å²) in [4.78, 5) is 0. The van der Waals surface area contributed by atoms with Gasteiger partial charge in [0.1, 0.15) is 17.6 Å². The molecule has 1 N–H and O–H groups in total. The lowest BCUT2D eigenvalue weighted by Gasteiger charge is -2.38. The Labute approximate surface area is 120 Å². The molecule has 0 spiro atoms. The molecule has 0 saturated heterocycles. The molecule has 2 aliphatic rings. The molecule has 4 unspecified atom stereocenters. The zero-order chi connectivity index (χ0) is 14.1. The lowest BCUT2D eigenvalue weighted by atomic mass is 9.77. The van der Waals surface area contributed by atoms with Crippen LogP contribution >= 0.6 is 0 Å². The zero-order valence-corrected chi connectivity index (χ0v) is 12.3. The lowest BCUT2D eigenvalue weighted by Crippen LogP contribution is -2.35. The number of benzene rings is 1. The second-order valence-electron chi connectivity index (χ2n) is 6.34. The first-order valence-electron chi connectivity index (χ1n) is 7.70. The molecule has 1 fully saturated rings. The molecule has 1 aromatic rings. The first-order valence-corrected chi connectivity index (χ1v) is 7.70. The number of hydrogen-bond acceptors (Lipinski definition) is 3. The number of aliphatic hydroxyl groups excluding tert-OH is 1. The van der Waals surface area contributed by atoms with E-state index in [0.29, 0.717) is 12.3 Å². The third-order valence-electron chi connectivity index (χ3n) is 4.81. The number of aliphatic hydroxyl groups is 1. The average molecular weight is 276 g/mol. The minimum Gasteiger partial charge on any atom is -0.497 e. The van der Waals surface area contributed by atoms with Crippen LogP contribution in [-0.4, -0.2) is 18.3 Å². The van der Waals surface area contributed by atoms with Gasteiger partial charge in [-0.1, -0.05) is 19.8 Å². The van der Waals surface area contributed by atoms with E-state index < -0.39 is 6.10 Å². The summed E-state index contributed by atoms with van der Waals surface area (Å²) in [5, 5.41) is 10.4. The summed E-state index contributed by atoms with van der Waals surface area (Å²) in [5.74, 6) is 2.97. The number of methoxy groups -OCH3 is 1. The Morgan fingerprint density at radius 2 is 2.10 bits per heavy atom. The predicted octanol–water partition coefficient (Wildman–Crippen LogP) is 3.71. The summed E-state index contributed by atoms with van der Waals surface area (Å²) in [7, 11) is 1.64. The van der Waals surface area contributed by atoms with Crippen molar-refractivity contribution in [2.75, 3.05) is 7.11 Å². The Hall–Kier alpha value is -1.22. The van der Waals surface area contributed by atoms with E-state index >= 15 is 0 Å². The maximum atomic E-state index is 10.4. The predicted molar refractivity (Wildman–Crippen MR) is 78.1 cm³/mol. The van der Waals surface area contributed by atoms with Crippen molar-refractivity contribution in [3.8, 4) is 11.5 Å². The Morgan fingerprint density at radius 3 is 2.85 bits per heavy atom. The van der Waals surface area contributed by atoms with Gasteiger partial charge in [-0.05, 0) is 42.9 Å². The van der Waals surface area contributed by atoms with Gasteiger partial charge in [0.25, 0.3) is 0 Å².